The normalized spacial score (nSPS) is 21.2. The Bertz CT molecular complexity index is 606. The molecule has 1 fully saturated rings. The van der Waals surface area contributed by atoms with Gasteiger partial charge < -0.3 is 10.2 Å². The third kappa shape index (κ3) is 4.68. The first kappa shape index (κ1) is 16.7. The van der Waals surface area contributed by atoms with Gasteiger partial charge in [0.05, 0.1) is 13.1 Å². The molecule has 1 atom stereocenters. The van der Waals surface area contributed by atoms with E-state index in [4.69, 9.17) is 0 Å². The molecule has 3 N–H and O–H groups in total. The summed E-state index contributed by atoms with van der Waals surface area (Å²) in [6.45, 7) is 2.08. The maximum Gasteiger partial charge on any atom is 0.321 e. The van der Waals surface area contributed by atoms with E-state index in [1.165, 1.54) is 16.0 Å². The molecule has 1 aliphatic heterocycles. The zero-order chi connectivity index (χ0) is 16.8. The molecule has 0 bridgehead atoms. The Kier molecular flexibility index (Phi) is 5.64. The fraction of sp³-hybridized carbons (Fsp3) is 0.474. The van der Waals surface area contributed by atoms with Crippen LogP contribution in [0.3, 0.4) is 0 Å². The predicted molar refractivity (Wildman–Crippen MR) is 93.5 cm³/mol. The molecular weight excluding hydrogens is 302 g/mol. The number of rotatable bonds is 4. The van der Waals surface area contributed by atoms with E-state index in [2.05, 4.69) is 28.8 Å². The maximum absolute atomic E-state index is 12.0. The van der Waals surface area contributed by atoms with E-state index in [0.717, 1.165) is 45.2 Å². The van der Waals surface area contributed by atoms with Gasteiger partial charge in [-0.25, -0.2) is 4.79 Å². The number of carbonyl (C=O) groups excluding carboxylic acids is 2. The van der Waals surface area contributed by atoms with Crippen molar-refractivity contribution in [3.63, 3.8) is 0 Å². The highest BCUT2D eigenvalue weighted by Gasteiger charge is 2.22. The lowest BCUT2D eigenvalue weighted by Crippen LogP contribution is -3.13. The first-order valence-corrected chi connectivity index (χ1v) is 8.89. The van der Waals surface area contributed by atoms with Crippen molar-refractivity contribution in [2.75, 3.05) is 19.6 Å². The molecule has 5 heteroatoms. The molecule has 0 radical (unpaired) electrons. The third-order valence-corrected chi connectivity index (χ3v) is 4.88. The Labute approximate surface area is 143 Å². The van der Waals surface area contributed by atoms with Crippen molar-refractivity contribution in [1.82, 2.24) is 10.6 Å². The van der Waals surface area contributed by atoms with Crippen molar-refractivity contribution in [2.24, 2.45) is 0 Å². The van der Waals surface area contributed by atoms with E-state index >= 15 is 0 Å². The van der Waals surface area contributed by atoms with Gasteiger partial charge in [0.1, 0.15) is 0 Å². The van der Waals surface area contributed by atoms with E-state index in [1.807, 2.05) is 18.2 Å². The summed E-state index contributed by atoms with van der Waals surface area (Å²) in [5, 5.41) is 5.35. The second-order valence-corrected chi connectivity index (χ2v) is 6.73. The summed E-state index contributed by atoms with van der Waals surface area (Å²) < 4.78 is 0. The lowest BCUT2D eigenvalue weighted by Gasteiger charge is -2.23. The molecular formula is C19H26N3O2+. The molecule has 1 aromatic carbocycles. The molecule has 3 amide bonds. The molecule has 1 unspecified atom stereocenters. The third-order valence-electron chi connectivity index (χ3n) is 4.88. The lowest BCUT2D eigenvalue weighted by molar-refractivity contribution is -0.886. The van der Waals surface area contributed by atoms with Gasteiger partial charge in [-0.15, -0.1) is 0 Å². The number of carbonyl (C=O) groups is 2. The van der Waals surface area contributed by atoms with Crippen LogP contribution in [0.4, 0.5) is 4.79 Å². The molecule has 0 saturated heterocycles. The van der Waals surface area contributed by atoms with E-state index < -0.39 is 0 Å². The number of hydrogen-bond acceptors (Lipinski definition) is 2. The summed E-state index contributed by atoms with van der Waals surface area (Å²) in [5.74, 6) is -0.197. The number of imide groups is 1. The van der Waals surface area contributed by atoms with Gasteiger partial charge in [0.2, 0.25) is 0 Å². The summed E-state index contributed by atoms with van der Waals surface area (Å²) in [6, 6.07) is 10.2. The van der Waals surface area contributed by atoms with Gasteiger partial charge in [-0.1, -0.05) is 43.2 Å². The Morgan fingerprint density at radius 3 is 2.54 bits per heavy atom. The van der Waals surface area contributed by atoms with Crippen molar-refractivity contribution in [3.8, 4) is 0 Å². The highest BCUT2D eigenvalue weighted by Crippen LogP contribution is 2.18. The summed E-state index contributed by atoms with van der Waals surface area (Å²) in [5.41, 5.74) is 2.61. The van der Waals surface area contributed by atoms with Gasteiger partial charge in [-0.05, 0) is 30.1 Å². The van der Waals surface area contributed by atoms with Crippen molar-refractivity contribution in [2.45, 2.75) is 38.1 Å². The van der Waals surface area contributed by atoms with Crippen LogP contribution in [0.2, 0.25) is 0 Å². The fourth-order valence-electron chi connectivity index (χ4n) is 3.55. The van der Waals surface area contributed by atoms with E-state index in [0.29, 0.717) is 6.54 Å². The molecule has 0 aromatic heterocycles. The number of benzene rings is 1. The van der Waals surface area contributed by atoms with Gasteiger partial charge in [-0.3, -0.25) is 10.1 Å². The minimum Gasteiger partial charge on any atom is -0.335 e. The summed E-state index contributed by atoms with van der Waals surface area (Å²) in [7, 11) is 0. The number of nitrogens with one attached hydrogen (secondary N) is 3. The number of quaternary nitrogens is 1. The van der Waals surface area contributed by atoms with Crippen LogP contribution in [-0.2, 0) is 4.79 Å². The van der Waals surface area contributed by atoms with Crippen LogP contribution < -0.4 is 15.5 Å². The van der Waals surface area contributed by atoms with Crippen molar-refractivity contribution in [3.05, 3.63) is 42.0 Å². The molecule has 24 heavy (non-hydrogen) atoms. The molecule has 1 aliphatic carbocycles. The Morgan fingerprint density at radius 2 is 1.88 bits per heavy atom. The Morgan fingerprint density at radius 1 is 1.12 bits per heavy atom. The molecule has 1 heterocycles. The quantitative estimate of drug-likeness (QED) is 0.776. The fourth-order valence-corrected chi connectivity index (χ4v) is 3.55. The standard InChI is InChI=1S/C19H25N3O2/c23-18(21-19(24)20-17-8-4-5-9-17)14-22-12-10-16(11-13-22)15-6-2-1-3-7-15/h1-3,6-7,10,17H,4-5,8-9,11-14H2,(H2,20,21,23,24)/p+1. The zero-order valence-electron chi connectivity index (χ0n) is 14.0. The van der Waals surface area contributed by atoms with E-state index in [9.17, 15) is 9.59 Å². The van der Waals surface area contributed by atoms with Crippen molar-refractivity contribution >= 4 is 17.5 Å². The molecule has 3 rings (SSSR count). The van der Waals surface area contributed by atoms with Crippen LogP contribution in [0.1, 0.15) is 37.7 Å². The van der Waals surface area contributed by atoms with Gasteiger partial charge in [-0.2, -0.15) is 0 Å². The molecule has 5 nitrogen and oxygen atoms in total. The van der Waals surface area contributed by atoms with E-state index in [1.54, 1.807) is 0 Å². The summed E-state index contributed by atoms with van der Waals surface area (Å²) in [4.78, 5) is 25.1. The van der Waals surface area contributed by atoms with Crippen LogP contribution in [0.15, 0.2) is 36.4 Å². The minimum atomic E-state index is -0.344. The topological polar surface area (TPSA) is 62.6 Å². The van der Waals surface area contributed by atoms with Crippen LogP contribution in [0.5, 0.6) is 0 Å². The SMILES string of the molecule is O=C(C[NH+]1CC=C(c2ccccc2)CC1)NC(=O)NC1CCCC1. The number of amides is 3. The highest BCUT2D eigenvalue weighted by molar-refractivity contribution is 5.94. The number of hydrogen-bond donors (Lipinski definition) is 3. The first-order valence-electron chi connectivity index (χ1n) is 8.89. The van der Waals surface area contributed by atoms with Crippen LogP contribution in [-0.4, -0.2) is 37.6 Å². The largest absolute Gasteiger partial charge is 0.335 e. The first-order chi connectivity index (χ1) is 11.7. The predicted octanol–water partition coefficient (Wildman–Crippen LogP) is 1.13. The minimum absolute atomic E-state index is 0.197. The lowest BCUT2D eigenvalue weighted by atomic mass is 10.00. The second-order valence-electron chi connectivity index (χ2n) is 6.73. The summed E-state index contributed by atoms with van der Waals surface area (Å²) in [6.07, 6.45) is 7.53. The smallest absolute Gasteiger partial charge is 0.321 e. The zero-order valence-corrected chi connectivity index (χ0v) is 14.0. The Hall–Kier alpha value is -2.14. The highest BCUT2D eigenvalue weighted by atomic mass is 16.2. The van der Waals surface area contributed by atoms with Crippen LogP contribution in [0.25, 0.3) is 5.57 Å². The van der Waals surface area contributed by atoms with Gasteiger partial charge in [0, 0.05) is 12.5 Å². The molecule has 2 aliphatic rings. The van der Waals surface area contributed by atoms with Gasteiger partial charge in [0.25, 0.3) is 5.91 Å². The van der Waals surface area contributed by atoms with Crippen LogP contribution in [0, 0.1) is 0 Å². The van der Waals surface area contributed by atoms with Crippen molar-refractivity contribution in [1.29, 1.82) is 0 Å². The molecule has 1 aromatic rings. The van der Waals surface area contributed by atoms with E-state index in [-0.39, 0.29) is 18.0 Å². The van der Waals surface area contributed by atoms with Gasteiger partial charge >= 0.3 is 6.03 Å². The number of urea groups is 1. The van der Waals surface area contributed by atoms with Gasteiger partial charge in [0.15, 0.2) is 6.54 Å². The Balaban J connectivity index is 1.42. The second kappa shape index (κ2) is 8.11. The van der Waals surface area contributed by atoms with Crippen molar-refractivity contribution < 1.29 is 14.5 Å². The monoisotopic (exact) mass is 328 g/mol. The maximum atomic E-state index is 12.0. The van der Waals surface area contributed by atoms with Crippen LogP contribution >= 0.6 is 0 Å². The summed E-state index contributed by atoms with van der Waals surface area (Å²) >= 11 is 0. The average Bonchev–Trinajstić information content (AvgIpc) is 3.09. The average molecular weight is 328 g/mol. The molecule has 0 spiro atoms. The molecule has 128 valence electrons. The molecule has 1 saturated carbocycles.